The normalized spacial score (nSPS) is 12.2. The Hall–Kier alpha value is -1.42. The Morgan fingerprint density at radius 2 is 2.25 bits per heavy atom. The Labute approximate surface area is 94.8 Å². The molecule has 1 rings (SSSR count). The first-order chi connectivity index (χ1) is 7.58. The summed E-state index contributed by atoms with van der Waals surface area (Å²) in [4.78, 5) is 11.5. The first-order valence-corrected chi connectivity index (χ1v) is 5.25. The van der Waals surface area contributed by atoms with Crippen molar-refractivity contribution in [3.8, 4) is 0 Å². The average Bonchev–Trinajstić information content (AvgIpc) is 2.29. The van der Waals surface area contributed by atoms with E-state index in [0.717, 1.165) is 11.1 Å². The number of carbonyl (C=O) groups excluding carboxylic acids is 1. The summed E-state index contributed by atoms with van der Waals surface area (Å²) < 4.78 is 13.1. The summed E-state index contributed by atoms with van der Waals surface area (Å²) in [6.45, 7) is 2.15. The summed E-state index contributed by atoms with van der Waals surface area (Å²) in [5, 5.41) is 2.56. The Balaban J connectivity index is 2.85. The highest BCUT2D eigenvalue weighted by Crippen LogP contribution is 2.15. The molecule has 16 heavy (non-hydrogen) atoms. The quantitative estimate of drug-likeness (QED) is 0.801. The van der Waals surface area contributed by atoms with Crippen LogP contribution in [0, 0.1) is 18.7 Å². The van der Waals surface area contributed by atoms with E-state index < -0.39 is 0 Å². The summed E-state index contributed by atoms with van der Waals surface area (Å²) in [5.74, 6) is -0.690. The number of halogens is 1. The van der Waals surface area contributed by atoms with E-state index in [1.54, 1.807) is 13.1 Å². The fraction of sp³-hybridized carbons (Fsp3) is 0.417. The smallest absolute Gasteiger partial charge is 0.224 e. The minimum absolute atomic E-state index is 0.105. The number of nitrogens with two attached hydrogens (primary N) is 1. The lowest BCUT2D eigenvalue weighted by Crippen LogP contribution is -2.34. The van der Waals surface area contributed by atoms with E-state index in [0.29, 0.717) is 6.42 Å². The molecule has 0 saturated carbocycles. The Kier molecular flexibility index (Phi) is 4.43. The summed E-state index contributed by atoms with van der Waals surface area (Å²) in [6.07, 6.45) is 0.472. The minimum atomic E-state index is -0.300. The molecular formula is C12H17FN2O. The van der Waals surface area contributed by atoms with Gasteiger partial charge >= 0.3 is 0 Å². The Bertz CT molecular complexity index is 379. The summed E-state index contributed by atoms with van der Waals surface area (Å²) in [7, 11) is 1.57. The van der Waals surface area contributed by atoms with Crippen LogP contribution in [0.25, 0.3) is 0 Å². The first kappa shape index (κ1) is 12.6. The Morgan fingerprint density at radius 3 is 2.81 bits per heavy atom. The number of hydrogen-bond acceptors (Lipinski definition) is 2. The zero-order valence-corrected chi connectivity index (χ0v) is 9.59. The fourth-order valence-electron chi connectivity index (χ4n) is 1.61. The van der Waals surface area contributed by atoms with Crippen molar-refractivity contribution in [1.29, 1.82) is 0 Å². The summed E-state index contributed by atoms with van der Waals surface area (Å²) in [5.41, 5.74) is 7.34. The lowest BCUT2D eigenvalue weighted by atomic mass is 9.95. The van der Waals surface area contributed by atoms with Crippen LogP contribution in [-0.4, -0.2) is 19.5 Å². The van der Waals surface area contributed by atoms with Crippen LogP contribution in [0.4, 0.5) is 4.39 Å². The maximum atomic E-state index is 13.1. The maximum absolute atomic E-state index is 13.1. The molecule has 0 aliphatic rings. The van der Waals surface area contributed by atoms with Gasteiger partial charge < -0.3 is 11.1 Å². The predicted molar refractivity (Wildman–Crippen MR) is 61.5 cm³/mol. The van der Waals surface area contributed by atoms with E-state index in [9.17, 15) is 9.18 Å². The van der Waals surface area contributed by atoms with Crippen LogP contribution in [-0.2, 0) is 11.2 Å². The zero-order valence-electron chi connectivity index (χ0n) is 9.59. The predicted octanol–water partition coefficient (Wildman–Crippen LogP) is 0.998. The lowest BCUT2D eigenvalue weighted by Gasteiger charge is -2.14. The fourth-order valence-corrected chi connectivity index (χ4v) is 1.61. The molecule has 0 aliphatic carbocycles. The lowest BCUT2D eigenvalue weighted by molar-refractivity contribution is -0.124. The van der Waals surface area contributed by atoms with Gasteiger partial charge in [-0.15, -0.1) is 0 Å². The van der Waals surface area contributed by atoms with E-state index in [1.165, 1.54) is 12.1 Å². The number of hydrogen-bond donors (Lipinski definition) is 2. The molecule has 3 nitrogen and oxygen atoms in total. The van der Waals surface area contributed by atoms with Gasteiger partial charge in [0.25, 0.3) is 0 Å². The second kappa shape index (κ2) is 5.61. The van der Waals surface area contributed by atoms with Crippen LogP contribution < -0.4 is 11.1 Å². The van der Waals surface area contributed by atoms with Gasteiger partial charge in [-0.3, -0.25) is 4.79 Å². The monoisotopic (exact) mass is 224 g/mol. The van der Waals surface area contributed by atoms with Gasteiger partial charge in [0.2, 0.25) is 5.91 Å². The van der Waals surface area contributed by atoms with Gasteiger partial charge in [-0.25, -0.2) is 4.39 Å². The zero-order chi connectivity index (χ0) is 12.1. The van der Waals surface area contributed by atoms with Crippen molar-refractivity contribution in [3.05, 3.63) is 35.1 Å². The maximum Gasteiger partial charge on any atom is 0.224 e. The molecule has 0 aliphatic heterocycles. The van der Waals surface area contributed by atoms with Crippen LogP contribution in [0.3, 0.4) is 0 Å². The molecular weight excluding hydrogens is 207 g/mol. The number of carbonyl (C=O) groups is 1. The van der Waals surface area contributed by atoms with Crippen molar-refractivity contribution in [3.63, 3.8) is 0 Å². The van der Waals surface area contributed by atoms with Gasteiger partial charge in [0.1, 0.15) is 5.82 Å². The van der Waals surface area contributed by atoms with E-state index in [1.807, 2.05) is 6.92 Å². The highest BCUT2D eigenvalue weighted by molar-refractivity contribution is 5.78. The molecule has 0 spiro atoms. The molecule has 1 aromatic rings. The second-order valence-corrected chi connectivity index (χ2v) is 3.82. The molecule has 88 valence electrons. The molecule has 1 unspecified atom stereocenters. The molecule has 0 radical (unpaired) electrons. The molecule has 3 N–H and O–H groups in total. The van der Waals surface area contributed by atoms with E-state index in [-0.39, 0.29) is 24.2 Å². The van der Waals surface area contributed by atoms with Gasteiger partial charge in [-0.1, -0.05) is 6.07 Å². The van der Waals surface area contributed by atoms with Crippen molar-refractivity contribution in [2.24, 2.45) is 11.7 Å². The van der Waals surface area contributed by atoms with Crippen molar-refractivity contribution in [2.75, 3.05) is 13.6 Å². The number of benzene rings is 1. The van der Waals surface area contributed by atoms with Crippen LogP contribution >= 0.6 is 0 Å². The topological polar surface area (TPSA) is 55.1 Å². The number of nitrogens with one attached hydrogen (secondary N) is 1. The molecule has 4 heteroatoms. The highest BCUT2D eigenvalue weighted by Gasteiger charge is 2.17. The SMILES string of the molecule is CNC(=O)C(CN)Cc1cc(F)ccc1C. The largest absolute Gasteiger partial charge is 0.359 e. The van der Waals surface area contributed by atoms with E-state index in [4.69, 9.17) is 5.73 Å². The summed E-state index contributed by atoms with van der Waals surface area (Å²) >= 11 is 0. The number of amides is 1. The summed E-state index contributed by atoms with van der Waals surface area (Å²) in [6, 6.07) is 4.58. The molecule has 0 heterocycles. The van der Waals surface area contributed by atoms with Crippen molar-refractivity contribution < 1.29 is 9.18 Å². The van der Waals surface area contributed by atoms with E-state index in [2.05, 4.69) is 5.32 Å². The minimum Gasteiger partial charge on any atom is -0.359 e. The molecule has 1 amide bonds. The van der Waals surface area contributed by atoms with Crippen LogP contribution in [0.2, 0.25) is 0 Å². The standard InChI is InChI=1S/C12H17FN2O/c1-8-3-4-11(13)6-9(8)5-10(7-14)12(16)15-2/h3-4,6,10H,5,7,14H2,1-2H3,(H,15,16). The molecule has 0 aromatic heterocycles. The third-order valence-corrected chi connectivity index (χ3v) is 2.68. The molecule has 0 fully saturated rings. The van der Waals surface area contributed by atoms with Crippen LogP contribution in [0.1, 0.15) is 11.1 Å². The van der Waals surface area contributed by atoms with Gasteiger partial charge in [-0.2, -0.15) is 0 Å². The van der Waals surface area contributed by atoms with Gasteiger partial charge in [0.15, 0.2) is 0 Å². The number of rotatable bonds is 4. The first-order valence-electron chi connectivity index (χ1n) is 5.25. The Morgan fingerprint density at radius 1 is 1.56 bits per heavy atom. The second-order valence-electron chi connectivity index (χ2n) is 3.82. The van der Waals surface area contributed by atoms with Gasteiger partial charge in [-0.05, 0) is 36.6 Å². The van der Waals surface area contributed by atoms with E-state index >= 15 is 0 Å². The number of aryl methyl sites for hydroxylation is 1. The highest BCUT2D eigenvalue weighted by atomic mass is 19.1. The average molecular weight is 224 g/mol. The molecule has 0 saturated heterocycles. The third kappa shape index (κ3) is 3.03. The van der Waals surface area contributed by atoms with Crippen LogP contribution in [0.15, 0.2) is 18.2 Å². The van der Waals surface area contributed by atoms with Crippen LogP contribution in [0.5, 0.6) is 0 Å². The van der Waals surface area contributed by atoms with Crippen molar-refractivity contribution in [2.45, 2.75) is 13.3 Å². The van der Waals surface area contributed by atoms with Crippen molar-refractivity contribution >= 4 is 5.91 Å². The molecule has 0 bridgehead atoms. The molecule has 1 atom stereocenters. The van der Waals surface area contributed by atoms with Gasteiger partial charge in [0.05, 0.1) is 5.92 Å². The third-order valence-electron chi connectivity index (χ3n) is 2.68. The molecule has 1 aromatic carbocycles. The van der Waals surface area contributed by atoms with Crippen molar-refractivity contribution in [1.82, 2.24) is 5.32 Å². The van der Waals surface area contributed by atoms with Gasteiger partial charge in [0, 0.05) is 13.6 Å².